The summed E-state index contributed by atoms with van der Waals surface area (Å²) in [5, 5.41) is 0. The van der Waals surface area contributed by atoms with E-state index >= 15 is 0 Å². The molecule has 0 fully saturated rings. The molecule has 1 aromatic heterocycles. The first kappa shape index (κ1) is 10.1. The van der Waals surface area contributed by atoms with Gasteiger partial charge in [0, 0.05) is 10.6 Å². The molecule has 1 heterocycles. The summed E-state index contributed by atoms with van der Waals surface area (Å²) in [6, 6.07) is 2.02. The molecule has 0 saturated carbocycles. The number of furan rings is 1. The normalized spacial score (nSPS) is 13.2. The minimum atomic E-state index is 0.660. The maximum Gasteiger partial charge on any atom is 0.114 e. The van der Waals surface area contributed by atoms with E-state index in [-0.39, 0.29) is 0 Å². The average Bonchev–Trinajstić information content (AvgIpc) is 2.47. The highest BCUT2D eigenvalue weighted by atomic mass is 32.2. The standard InChI is InChI=1S/C9H14OS2/c1-7(5-11)6-12-9-3-4-10-8(9)2/h3-4,7,11H,5-6H2,1-2H3. The summed E-state index contributed by atoms with van der Waals surface area (Å²) in [7, 11) is 0. The number of aryl methyl sites for hydroxylation is 1. The summed E-state index contributed by atoms with van der Waals surface area (Å²) >= 11 is 6.08. The quantitative estimate of drug-likeness (QED) is 0.594. The summed E-state index contributed by atoms with van der Waals surface area (Å²) in [5.41, 5.74) is 0. The lowest BCUT2D eigenvalue weighted by molar-refractivity contribution is 0.527. The Morgan fingerprint density at radius 1 is 1.67 bits per heavy atom. The van der Waals surface area contributed by atoms with E-state index in [0.717, 1.165) is 17.3 Å². The molecule has 1 atom stereocenters. The Labute approximate surface area is 83.3 Å². The van der Waals surface area contributed by atoms with Gasteiger partial charge in [-0.05, 0) is 24.7 Å². The number of rotatable bonds is 4. The molecule has 0 radical (unpaired) electrons. The zero-order valence-corrected chi connectivity index (χ0v) is 9.12. The number of hydrogen-bond donors (Lipinski definition) is 1. The lowest BCUT2D eigenvalue weighted by Gasteiger charge is -2.05. The van der Waals surface area contributed by atoms with Crippen LogP contribution in [-0.4, -0.2) is 11.5 Å². The fourth-order valence-electron chi connectivity index (χ4n) is 0.808. The summed E-state index contributed by atoms with van der Waals surface area (Å²) in [5.74, 6) is 3.74. The lowest BCUT2D eigenvalue weighted by Crippen LogP contribution is -1.98. The van der Waals surface area contributed by atoms with Gasteiger partial charge in [0.2, 0.25) is 0 Å². The van der Waals surface area contributed by atoms with E-state index in [2.05, 4.69) is 19.6 Å². The van der Waals surface area contributed by atoms with Crippen molar-refractivity contribution in [2.24, 2.45) is 5.92 Å². The van der Waals surface area contributed by atoms with E-state index in [1.807, 2.05) is 24.8 Å². The number of thioether (sulfide) groups is 1. The van der Waals surface area contributed by atoms with Crippen LogP contribution in [0.5, 0.6) is 0 Å². The van der Waals surface area contributed by atoms with E-state index in [4.69, 9.17) is 4.42 Å². The largest absolute Gasteiger partial charge is 0.468 e. The molecule has 0 saturated heterocycles. The van der Waals surface area contributed by atoms with E-state index in [0.29, 0.717) is 5.92 Å². The van der Waals surface area contributed by atoms with Gasteiger partial charge in [-0.1, -0.05) is 6.92 Å². The van der Waals surface area contributed by atoms with E-state index < -0.39 is 0 Å². The Kier molecular flexibility index (Phi) is 4.09. The molecular formula is C9H14OS2. The van der Waals surface area contributed by atoms with E-state index in [1.165, 1.54) is 4.90 Å². The first-order valence-corrected chi connectivity index (χ1v) is 5.63. The van der Waals surface area contributed by atoms with Crippen LogP contribution in [0.1, 0.15) is 12.7 Å². The van der Waals surface area contributed by atoms with Crippen LogP contribution in [0, 0.1) is 12.8 Å². The molecule has 0 aliphatic heterocycles. The molecule has 0 N–H and O–H groups in total. The van der Waals surface area contributed by atoms with Gasteiger partial charge in [-0.25, -0.2) is 0 Å². The molecular weight excluding hydrogens is 188 g/mol. The Bertz CT molecular complexity index is 232. The van der Waals surface area contributed by atoms with Crippen LogP contribution in [0.4, 0.5) is 0 Å². The lowest BCUT2D eigenvalue weighted by atomic mass is 10.3. The summed E-state index contributed by atoms with van der Waals surface area (Å²) < 4.78 is 5.19. The molecule has 0 spiro atoms. The van der Waals surface area contributed by atoms with Crippen LogP contribution < -0.4 is 0 Å². The Hall–Kier alpha value is -0.0200. The monoisotopic (exact) mass is 202 g/mol. The zero-order chi connectivity index (χ0) is 8.97. The predicted molar refractivity (Wildman–Crippen MR) is 57.2 cm³/mol. The van der Waals surface area contributed by atoms with E-state index in [9.17, 15) is 0 Å². The summed E-state index contributed by atoms with van der Waals surface area (Å²) in [6.45, 7) is 4.20. The minimum Gasteiger partial charge on any atom is -0.468 e. The van der Waals surface area contributed by atoms with Crippen LogP contribution in [0.3, 0.4) is 0 Å². The molecule has 1 nitrogen and oxygen atoms in total. The third-order valence-corrected chi connectivity index (χ3v) is 3.74. The van der Waals surface area contributed by atoms with Gasteiger partial charge in [0.25, 0.3) is 0 Å². The highest BCUT2D eigenvalue weighted by Crippen LogP contribution is 2.25. The number of hydrogen-bond acceptors (Lipinski definition) is 3. The maximum atomic E-state index is 5.19. The second-order valence-electron chi connectivity index (χ2n) is 2.94. The summed E-state index contributed by atoms with van der Waals surface area (Å²) in [4.78, 5) is 1.25. The maximum absolute atomic E-state index is 5.19. The smallest absolute Gasteiger partial charge is 0.114 e. The number of thiol groups is 1. The molecule has 3 heteroatoms. The van der Waals surface area contributed by atoms with Gasteiger partial charge in [-0.3, -0.25) is 0 Å². The van der Waals surface area contributed by atoms with Crippen molar-refractivity contribution in [2.45, 2.75) is 18.7 Å². The van der Waals surface area contributed by atoms with Gasteiger partial charge in [0.1, 0.15) is 5.76 Å². The van der Waals surface area contributed by atoms with Gasteiger partial charge < -0.3 is 4.42 Å². The van der Waals surface area contributed by atoms with Crippen molar-refractivity contribution < 1.29 is 4.42 Å². The van der Waals surface area contributed by atoms with Gasteiger partial charge in [0.15, 0.2) is 0 Å². The molecule has 1 unspecified atom stereocenters. The van der Waals surface area contributed by atoms with Gasteiger partial charge in [0.05, 0.1) is 6.26 Å². The minimum absolute atomic E-state index is 0.660. The molecule has 0 amide bonds. The van der Waals surface area contributed by atoms with Crippen LogP contribution in [0.25, 0.3) is 0 Å². The average molecular weight is 202 g/mol. The first-order valence-electron chi connectivity index (χ1n) is 4.01. The topological polar surface area (TPSA) is 13.1 Å². The fourth-order valence-corrected chi connectivity index (χ4v) is 2.10. The molecule has 68 valence electrons. The van der Waals surface area contributed by atoms with Crippen molar-refractivity contribution >= 4 is 24.4 Å². The van der Waals surface area contributed by atoms with Crippen molar-refractivity contribution in [3.8, 4) is 0 Å². The third-order valence-electron chi connectivity index (χ3n) is 1.65. The molecule has 0 bridgehead atoms. The second-order valence-corrected chi connectivity index (χ2v) is 4.37. The predicted octanol–water partition coefficient (Wildman–Crippen LogP) is 3.25. The zero-order valence-electron chi connectivity index (χ0n) is 7.41. The van der Waals surface area contributed by atoms with Crippen molar-refractivity contribution in [1.29, 1.82) is 0 Å². The van der Waals surface area contributed by atoms with Crippen LogP contribution in [0.15, 0.2) is 21.6 Å². The summed E-state index contributed by atoms with van der Waals surface area (Å²) in [6.07, 6.45) is 1.74. The highest BCUT2D eigenvalue weighted by molar-refractivity contribution is 7.99. The van der Waals surface area contributed by atoms with Crippen molar-refractivity contribution in [3.05, 3.63) is 18.1 Å². The molecule has 1 rings (SSSR count). The highest BCUT2D eigenvalue weighted by Gasteiger charge is 2.04. The third kappa shape index (κ3) is 2.79. The molecule has 0 aromatic carbocycles. The molecule has 12 heavy (non-hydrogen) atoms. The van der Waals surface area contributed by atoms with Crippen LogP contribution in [0.2, 0.25) is 0 Å². The van der Waals surface area contributed by atoms with Crippen LogP contribution in [-0.2, 0) is 0 Å². The van der Waals surface area contributed by atoms with Gasteiger partial charge >= 0.3 is 0 Å². The van der Waals surface area contributed by atoms with Crippen molar-refractivity contribution in [2.75, 3.05) is 11.5 Å². The molecule has 0 aliphatic rings. The molecule has 0 aliphatic carbocycles. The fraction of sp³-hybridized carbons (Fsp3) is 0.556. The van der Waals surface area contributed by atoms with Crippen molar-refractivity contribution in [1.82, 2.24) is 0 Å². The Morgan fingerprint density at radius 2 is 2.42 bits per heavy atom. The second kappa shape index (κ2) is 4.87. The SMILES string of the molecule is Cc1occc1SCC(C)CS. The first-order chi connectivity index (χ1) is 5.74. The Balaban J connectivity index is 2.38. The van der Waals surface area contributed by atoms with Crippen LogP contribution >= 0.6 is 24.4 Å². The van der Waals surface area contributed by atoms with E-state index in [1.54, 1.807) is 6.26 Å². The van der Waals surface area contributed by atoms with Gasteiger partial charge in [-0.2, -0.15) is 12.6 Å². The van der Waals surface area contributed by atoms with Gasteiger partial charge in [-0.15, -0.1) is 11.8 Å². The van der Waals surface area contributed by atoms with Crippen molar-refractivity contribution in [3.63, 3.8) is 0 Å². The Morgan fingerprint density at radius 3 is 2.92 bits per heavy atom. The molecule has 1 aromatic rings.